The quantitative estimate of drug-likeness (QED) is 0.318. The molecule has 2 N–H and O–H groups in total. The van der Waals surface area contributed by atoms with Crippen molar-refractivity contribution in [2.24, 2.45) is 4.99 Å². The van der Waals surface area contributed by atoms with Gasteiger partial charge in [-0.2, -0.15) is 0 Å². The maximum Gasteiger partial charge on any atom is 0.184 e. The van der Waals surface area contributed by atoms with E-state index in [0.29, 0.717) is 12.4 Å². The summed E-state index contributed by atoms with van der Waals surface area (Å²) in [6, 6.07) is 0. The van der Waals surface area contributed by atoms with Crippen molar-refractivity contribution >= 4 is 5.90 Å². The van der Waals surface area contributed by atoms with Gasteiger partial charge in [0.2, 0.25) is 0 Å². The van der Waals surface area contributed by atoms with Gasteiger partial charge in [-0.1, -0.05) is 96.8 Å². The van der Waals surface area contributed by atoms with Crippen LogP contribution in [0.2, 0.25) is 0 Å². The van der Waals surface area contributed by atoms with E-state index in [1.807, 2.05) is 0 Å². The molecule has 0 bridgehead atoms. The first kappa shape index (κ1) is 23.4. The fraction of sp³-hybridized carbons (Fsp3) is 0.955. The van der Waals surface area contributed by atoms with E-state index in [0.717, 1.165) is 12.8 Å². The van der Waals surface area contributed by atoms with Crippen molar-refractivity contribution in [3.05, 3.63) is 0 Å². The van der Waals surface area contributed by atoms with Crippen LogP contribution in [0.25, 0.3) is 0 Å². The molecule has 4 nitrogen and oxygen atoms in total. The standard InChI is InChI=1S/C22H43NO3/c1-2-3-4-5-6-7-8-9-10-11-12-13-14-15-16-17-21-23-18-22(19-24,20-25)26-21/h24-25H,2-20H2,1H3. The highest BCUT2D eigenvalue weighted by molar-refractivity contribution is 5.78. The fourth-order valence-electron chi connectivity index (χ4n) is 3.54. The maximum absolute atomic E-state index is 9.28. The molecule has 154 valence electrons. The summed E-state index contributed by atoms with van der Waals surface area (Å²) in [5, 5.41) is 18.6. The van der Waals surface area contributed by atoms with Crippen molar-refractivity contribution in [2.45, 2.75) is 115 Å². The van der Waals surface area contributed by atoms with Gasteiger partial charge in [-0.05, 0) is 6.42 Å². The molecule has 0 radical (unpaired) electrons. The lowest BCUT2D eigenvalue weighted by Crippen LogP contribution is -2.41. The molecule has 0 unspecified atom stereocenters. The summed E-state index contributed by atoms with van der Waals surface area (Å²) in [6.45, 7) is 2.32. The Morgan fingerprint density at radius 2 is 1.15 bits per heavy atom. The SMILES string of the molecule is CCCCCCCCCCCCCCCCCC1=NCC(CO)(CO)O1. The van der Waals surface area contributed by atoms with E-state index in [1.54, 1.807) is 0 Å². The molecule has 26 heavy (non-hydrogen) atoms. The van der Waals surface area contributed by atoms with Crippen LogP contribution in [0, 0.1) is 0 Å². The number of nitrogens with zero attached hydrogens (tertiary/aromatic N) is 1. The number of aliphatic hydroxyl groups is 2. The smallest absolute Gasteiger partial charge is 0.184 e. The van der Waals surface area contributed by atoms with Crippen molar-refractivity contribution in [3.63, 3.8) is 0 Å². The molecule has 1 aliphatic heterocycles. The van der Waals surface area contributed by atoms with Crippen LogP contribution in [0.5, 0.6) is 0 Å². The lowest BCUT2D eigenvalue weighted by molar-refractivity contribution is -0.0231. The molecule has 0 aromatic heterocycles. The molecule has 0 saturated heterocycles. The molecule has 1 heterocycles. The second-order valence-corrected chi connectivity index (χ2v) is 8.01. The van der Waals surface area contributed by atoms with Gasteiger partial charge >= 0.3 is 0 Å². The third kappa shape index (κ3) is 10.5. The van der Waals surface area contributed by atoms with Gasteiger partial charge in [0.15, 0.2) is 11.5 Å². The van der Waals surface area contributed by atoms with Crippen LogP contribution in [-0.2, 0) is 4.74 Å². The predicted molar refractivity (Wildman–Crippen MR) is 110 cm³/mol. The minimum Gasteiger partial charge on any atom is -0.468 e. The summed E-state index contributed by atoms with van der Waals surface area (Å²) in [5.41, 5.74) is -0.856. The van der Waals surface area contributed by atoms with E-state index in [4.69, 9.17) is 4.74 Å². The van der Waals surface area contributed by atoms with Crippen LogP contribution in [0.1, 0.15) is 110 Å². The highest BCUT2D eigenvalue weighted by atomic mass is 16.5. The summed E-state index contributed by atoms with van der Waals surface area (Å²) >= 11 is 0. The highest BCUT2D eigenvalue weighted by Crippen LogP contribution is 2.21. The Morgan fingerprint density at radius 3 is 1.54 bits per heavy atom. The van der Waals surface area contributed by atoms with E-state index in [-0.39, 0.29) is 13.2 Å². The molecular weight excluding hydrogens is 326 g/mol. The molecular formula is C22H43NO3. The second kappa shape index (κ2) is 15.4. The van der Waals surface area contributed by atoms with Gasteiger partial charge in [-0.15, -0.1) is 0 Å². The largest absolute Gasteiger partial charge is 0.468 e. The Hall–Kier alpha value is -0.610. The molecule has 0 saturated carbocycles. The van der Waals surface area contributed by atoms with Crippen LogP contribution in [0.15, 0.2) is 4.99 Å². The fourth-order valence-corrected chi connectivity index (χ4v) is 3.54. The van der Waals surface area contributed by atoms with Gasteiger partial charge in [0.1, 0.15) is 0 Å². The second-order valence-electron chi connectivity index (χ2n) is 8.01. The Labute approximate surface area is 161 Å². The van der Waals surface area contributed by atoms with Gasteiger partial charge in [0.05, 0.1) is 19.8 Å². The number of rotatable bonds is 18. The zero-order valence-corrected chi connectivity index (χ0v) is 17.2. The minimum atomic E-state index is -0.856. The van der Waals surface area contributed by atoms with Crippen LogP contribution in [0.4, 0.5) is 0 Å². The van der Waals surface area contributed by atoms with Crippen LogP contribution >= 0.6 is 0 Å². The molecule has 0 aliphatic carbocycles. The summed E-state index contributed by atoms with van der Waals surface area (Å²) in [5.74, 6) is 0.711. The van der Waals surface area contributed by atoms with Crippen molar-refractivity contribution in [2.75, 3.05) is 19.8 Å². The first-order valence-electron chi connectivity index (χ1n) is 11.2. The average molecular weight is 370 g/mol. The van der Waals surface area contributed by atoms with E-state index < -0.39 is 5.60 Å². The van der Waals surface area contributed by atoms with Gasteiger partial charge < -0.3 is 14.9 Å². The zero-order valence-electron chi connectivity index (χ0n) is 17.2. The Kier molecular flexibility index (Phi) is 13.9. The lowest BCUT2D eigenvalue weighted by atomic mass is 10.0. The molecule has 4 heteroatoms. The van der Waals surface area contributed by atoms with Gasteiger partial charge in [0, 0.05) is 6.42 Å². The Morgan fingerprint density at radius 1 is 0.731 bits per heavy atom. The van der Waals surface area contributed by atoms with Crippen molar-refractivity contribution in [1.29, 1.82) is 0 Å². The number of hydrogen-bond acceptors (Lipinski definition) is 4. The normalized spacial score (nSPS) is 15.9. The van der Waals surface area contributed by atoms with Crippen LogP contribution < -0.4 is 0 Å². The van der Waals surface area contributed by atoms with Crippen molar-refractivity contribution < 1.29 is 14.9 Å². The summed E-state index contributed by atoms with van der Waals surface area (Å²) in [6.07, 6.45) is 21.3. The van der Waals surface area contributed by atoms with E-state index in [1.165, 1.54) is 89.9 Å². The van der Waals surface area contributed by atoms with Crippen molar-refractivity contribution in [3.8, 4) is 0 Å². The highest BCUT2D eigenvalue weighted by Gasteiger charge is 2.36. The molecule has 0 aromatic rings. The third-order valence-electron chi connectivity index (χ3n) is 5.45. The first-order valence-corrected chi connectivity index (χ1v) is 11.2. The van der Waals surface area contributed by atoms with Crippen LogP contribution in [-0.4, -0.2) is 41.5 Å². The van der Waals surface area contributed by atoms with E-state index in [2.05, 4.69) is 11.9 Å². The maximum atomic E-state index is 9.28. The lowest BCUT2D eigenvalue weighted by Gasteiger charge is -2.23. The van der Waals surface area contributed by atoms with E-state index in [9.17, 15) is 10.2 Å². The Bertz CT molecular complexity index is 353. The predicted octanol–water partition coefficient (Wildman–Crippen LogP) is 5.40. The minimum absolute atomic E-state index is 0.171. The summed E-state index contributed by atoms with van der Waals surface area (Å²) in [4.78, 5) is 4.31. The molecule has 1 aliphatic rings. The zero-order chi connectivity index (χ0) is 18.9. The van der Waals surface area contributed by atoms with Gasteiger partial charge in [0.25, 0.3) is 0 Å². The Balaban J connectivity index is 1.79. The van der Waals surface area contributed by atoms with Crippen molar-refractivity contribution in [1.82, 2.24) is 0 Å². The average Bonchev–Trinajstić information content (AvgIpc) is 3.09. The van der Waals surface area contributed by atoms with Gasteiger partial charge in [-0.3, -0.25) is 4.99 Å². The topological polar surface area (TPSA) is 62.1 Å². The first-order chi connectivity index (χ1) is 12.8. The van der Waals surface area contributed by atoms with Crippen LogP contribution in [0.3, 0.4) is 0 Å². The number of aliphatic hydroxyl groups excluding tert-OH is 2. The summed E-state index contributed by atoms with van der Waals surface area (Å²) < 4.78 is 5.62. The number of ether oxygens (including phenoxy) is 1. The molecule has 0 fully saturated rings. The molecule has 1 rings (SSSR count). The third-order valence-corrected chi connectivity index (χ3v) is 5.45. The van der Waals surface area contributed by atoms with Gasteiger partial charge in [-0.25, -0.2) is 0 Å². The monoisotopic (exact) mass is 369 g/mol. The number of aliphatic imine (C=N–C) groups is 1. The molecule has 0 atom stereocenters. The molecule has 0 spiro atoms. The number of hydrogen-bond donors (Lipinski definition) is 2. The molecule has 0 aromatic carbocycles. The molecule has 0 amide bonds. The summed E-state index contributed by atoms with van der Waals surface area (Å²) in [7, 11) is 0. The van der Waals surface area contributed by atoms with E-state index >= 15 is 0 Å². The number of unbranched alkanes of at least 4 members (excludes halogenated alkanes) is 14.